The second-order valence-electron chi connectivity index (χ2n) is 6.34. The van der Waals surface area contributed by atoms with E-state index in [9.17, 15) is 4.79 Å². The lowest BCUT2D eigenvalue weighted by Gasteiger charge is -2.06. The molecule has 0 aliphatic rings. The molecule has 0 bridgehead atoms. The highest BCUT2D eigenvalue weighted by molar-refractivity contribution is 7.98. The van der Waals surface area contributed by atoms with Gasteiger partial charge in [-0.1, -0.05) is 48.2 Å². The Morgan fingerprint density at radius 2 is 2.00 bits per heavy atom. The Morgan fingerprint density at radius 1 is 1.14 bits per heavy atom. The summed E-state index contributed by atoms with van der Waals surface area (Å²) in [7, 11) is 1.76. The Morgan fingerprint density at radius 3 is 2.79 bits per heavy atom. The number of hydrogen-bond donors (Lipinski definition) is 0. The first-order valence-corrected chi connectivity index (χ1v) is 11.6. The van der Waals surface area contributed by atoms with Gasteiger partial charge in [-0.25, -0.2) is 9.97 Å². The van der Waals surface area contributed by atoms with Crippen molar-refractivity contribution in [2.24, 2.45) is 7.05 Å². The van der Waals surface area contributed by atoms with Crippen LogP contribution in [0.25, 0.3) is 32.0 Å². The van der Waals surface area contributed by atoms with Crippen molar-refractivity contribution in [3.63, 3.8) is 0 Å². The largest absolute Gasteiger partial charge is 0.440 e. The monoisotopic (exact) mass is 437 g/mol. The van der Waals surface area contributed by atoms with Crippen LogP contribution in [0.3, 0.4) is 0 Å². The molecule has 0 aliphatic carbocycles. The number of fused-ring (bicyclic) bond motifs is 1. The van der Waals surface area contributed by atoms with E-state index in [-0.39, 0.29) is 5.56 Å². The molecule has 0 amide bonds. The summed E-state index contributed by atoms with van der Waals surface area (Å²) in [5.41, 5.74) is 1.92. The number of benzene rings is 1. The lowest BCUT2D eigenvalue weighted by Crippen LogP contribution is -2.19. The molecule has 4 aromatic heterocycles. The van der Waals surface area contributed by atoms with E-state index in [4.69, 9.17) is 9.40 Å². The highest BCUT2D eigenvalue weighted by atomic mass is 32.2. The Balaban J connectivity index is 1.42. The number of rotatable bonds is 5. The summed E-state index contributed by atoms with van der Waals surface area (Å²) < 4.78 is 7.47. The van der Waals surface area contributed by atoms with Crippen LogP contribution in [0, 0.1) is 0 Å². The van der Waals surface area contributed by atoms with Crippen molar-refractivity contribution in [3.8, 4) is 21.8 Å². The van der Waals surface area contributed by atoms with Gasteiger partial charge in [0.15, 0.2) is 10.9 Å². The first kappa shape index (κ1) is 18.4. The quantitative estimate of drug-likeness (QED) is 0.262. The van der Waals surface area contributed by atoms with Crippen molar-refractivity contribution in [2.45, 2.75) is 10.9 Å². The standard InChI is InChI=1S/C21H15N3O2S3/c1-24-20(25)18-14(16-8-5-9-27-16)11-28-19(18)23-21(24)29-12-17-22-10-15(26-17)13-6-3-2-4-7-13/h2-11H,12H2,1H3. The minimum absolute atomic E-state index is 0.0282. The number of aromatic nitrogens is 3. The molecule has 144 valence electrons. The zero-order valence-corrected chi connectivity index (χ0v) is 17.8. The van der Waals surface area contributed by atoms with E-state index in [0.29, 0.717) is 22.2 Å². The number of hydrogen-bond acceptors (Lipinski definition) is 7. The minimum atomic E-state index is -0.0282. The first-order valence-electron chi connectivity index (χ1n) is 8.86. The molecule has 0 atom stereocenters. The summed E-state index contributed by atoms with van der Waals surface area (Å²) in [6.45, 7) is 0. The minimum Gasteiger partial charge on any atom is -0.440 e. The molecular formula is C21H15N3O2S3. The fourth-order valence-corrected chi connectivity index (χ4v) is 5.66. The van der Waals surface area contributed by atoms with E-state index in [0.717, 1.165) is 26.6 Å². The zero-order chi connectivity index (χ0) is 19.8. The van der Waals surface area contributed by atoms with Gasteiger partial charge in [0.2, 0.25) is 5.89 Å². The van der Waals surface area contributed by atoms with Crippen molar-refractivity contribution < 1.29 is 4.42 Å². The van der Waals surface area contributed by atoms with Crippen LogP contribution in [0.4, 0.5) is 0 Å². The average molecular weight is 438 g/mol. The molecule has 0 aliphatic heterocycles. The first-order chi connectivity index (χ1) is 14.2. The van der Waals surface area contributed by atoms with Gasteiger partial charge in [0.25, 0.3) is 5.56 Å². The molecule has 0 fully saturated rings. The van der Waals surface area contributed by atoms with E-state index in [2.05, 4.69) is 4.98 Å². The van der Waals surface area contributed by atoms with E-state index >= 15 is 0 Å². The second-order valence-corrected chi connectivity index (χ2v) is 9.09. The predicted octanol–water partition coefficient (Wildman–Crippen LogP) is 5.67. The van der Waals surface area contributed by atoms with Crippen LogP contribution in [0.2, 0.25) is 0 Å². The Kier molecular flexibility index (Phi) is 4.83. The van der Waals surface area contributed by atoms with Crippen LogP contribution in [-0.2, 0) is 12.8 Å². The van der Waals surface area contributed by atoms with Crippen LogP contribution in [-0.4, -0.2) is 14.5 Å². The van der Waals surface area contributed by atoms with Crippen molar-refractivity contribution in [1.29, 1.82) is 0 Å². The normalized spacial score (nSPS) is 11.3. The number of thiophene rings is 2. The van der Waals surface area contributed by atoms with Crippen molar-refractivity contribution in [1.82, 2.24) is 14.5 Å². The molecular weight excluding hydrogens is 422 g/mol. The summed E-state index contributed by atoms with van der Waals surface area (Å²) in [5.74, 6) is 1.84. The molecule has 8 heteroatoms. The van der Waals surface area contributed by atoms with Crippen molar-refractivity contribution in [3.05, 3.63) is 75.7 Å². The van der Waals surface area contributed by atoms with Gasteiger partial charge in [-0.15, -0.1) is 22.7 Å². The molecule has 5 nitrogen and oxygen atoms in total. The predicted molar refractivity (Wildman–Crippen MR) is 120 cm³/mol. The van der Waals surface area contributed by atoms with Gasteiger partial charge in [0.05, 0.1) is 17.3 Å². The van der Waals surface area contributed by atoms with Gasteiger partial charge in [0.1, 0.15) is 4.83 Å². The van der Waals surface area contributed by atoms with Crippen LogP contribution in [0.15, 0.2) is 73.8 Å². The average Bonchev–Trinajstić information content (AvgIpc) is 3.50. The van der Waals surface area contributed by atoms with E-state index in [1.165, 1.54) is 23.1 Å². The van der Waals surface area contributed by atoms with Gasteiger partial charge in [-0.05, 0) is 11.4 Å². The van der Waals surface area contributed by atoms with E-state index in [1.54, 1.807) is 29.1 Å². The molecule has 0 saturated heterocycles. The smallest absolute Gasteiger partial charge is 0.263 e. The maximum Gasteiger partial charge on any atom is 0.263 e. The second kappa shape index (κ2) is 7.62. The van der Waals surface area contributed by atoms with Crippen LogP contribution in [0.1, 0.15) is 5.89 Å². The Labute approximate surface area is 178 Å². The van der Waals surface area contributed by atoms with Gasteiger partial charge in [-0.3, -0.25) is 9.36 Å². The summed E-state index contributed by atoms with van der Waals surface area (Å²) in [4.78, 5) is 23.9. The summed E-state index contributed by atoms with van der Waals surface area (Å²) in [6.07, 6.45) is 1.73. The zero-order valence-electron chi connectivity index (χ0n) is 15.4. The number of nitrogens with zero attached hydrogens (tertiary/aromatic N) is 3. The molecule has 1 aromatic carbocycles. The molecule has 0 saturated carbocycles. The van der Waals surface area contributed by atoms with Crippen LogP contribution >= 0.6 is 34.4 Å². The third kappa shape index (κ3) is 3.43. The Hall–Kier alpha value is -2.68. The fraction of sp³-hybridized carbons (Fsp3) is 0.0952. The highest BCUT2D eigenvalue weighted by Gasteiger charge is 2.17. The van der Waals surface area contributed by atoms with E-state index in [1.807, 2.05) is 53.2 Å². The lowest BCUT2D eigenvalue weighted by molar-refractivity contribution is 0.529. The third-order valence-electron chi connectivity index (χ3n) is 4.50. The number of thioether (sulfide) groups is 1. The van der Waals surface area contributed by atoms with Crippen LogP contribution in [0.5, 0.6) is 0 Å². The maximum atomic E-state index is 13.0. The number of oxazole rings is 1. The maximum absolute atomic E-state index is 13.0. The SMILES string of the molecule is Cn1c(SCc2ncc(-c3ccccc3)o2)nc2scc(-c3cccs3)c2c1=O. The van der Waals surface area contributed by atoms with Crippen LogP contribution < -0.4 is 5.56 Å². The molecule has 29 heavy (non-hydrogen) atoms. The lowest BCUT2D eigenvalue weighted by atomic mass is 10.2. The summed E-state index contributed by atoms with van der Waals surface area (Å²) in [6, 6.07) is 13.9. The van der Waals surface area contributed by atoms with E-state index < -0.39 is 0 Å². The summed E-state index contributed by atoms with van der Waals surface area (Å²) in [5, 5.41) is 5.37. The van der Waals surface area contributed by atoms with Crippen molar-refractivity contribution in [2.75, 3.05) is 0 Å². The molecule has 0 spiro atoms. The topological polar surface area (TPSA) is 60.9 Å². The summed E-state index contributed by atoms with van der Waals surface area (Å²) >= 11 is 4.58. The van der Waals surface area contributed by atoms with Gasteiger partial charge < -0.3 is 4.42 Å². The fourth-order valence-electron chi connectivity index (χ4n) is 3.03. The molecule has 0 N–H and O–H groups in total. The van der Waals surface area contributed by atoms with Gasteiger partial charge in [-0.2, -0.15) is 0 Å². The van der Waals surface area contributed by atoms with Gasteiger partial charge >= 0.3 is 0 Å². The highest BCUT2D eigenvalue weighted by Crippen LogP contribution is 2.34. The Bertz CT molecular complexity index is 1340. The molecule has 0 unspecified atom stereocenters. The van der Waals surface area contributed by atoms with Crippen molar-refractivity contribution >= 4 is 44.7 Å². The molecule has 0 radical (unpaired) electrons. The van der Waals surface area contributed by atoms with Gasteiger partial charge in [0, 0.05) is 28.4 Å². The molecule has 5 rings (SSSR count). The third-order valence-corrected chi connectivity index (χ3v) is 7.29. The molecule has 4 heterocycles. The molecule has 5 aromatic rings.